The lowest BCUT2D eigenvalue weighted by atomic mass is 9.82. The quantitative estimate of drug-likeness (QED) is 0.837. The summed E-state index contributed by atoms with van der Waals surface area (Å²) in [6, 6.07) is 18.6. The lowest BCUT2D eigenvalue weighted by Crippen LogP contribution is -2.33. The smallest absolute Gasteiger partial charge is 0.230 e. The fourth-order valence-corrected chi connectivity index (χ4v) is 3.21. The van der Waals surface area contributed by atoms with Crippen LogP contribution in [0.15, 0.2) is 54.6 Å². The first-order valence-electron chi connectivity index (χ1n) is 7.62. The van der Waals surface area contributed by atoms with Crippen LogP contribution in [-0.4, -0.2) is 17.9 Å². The van der Waals surface area contributed by atoms with Gasteiger partial charge < -0.3 is 4.90 Å². The number of carbonyl (C=O) groups is 1. The molecule has 1 amide bonds. The molecule has 1 aliphatic carbocycles. The van der Waals surface area contributed by atoms with Crippen molar-refractivity contribution in [3.8, 4) is 0 Å². The van der Waals surface area contributed by atoms with E-state index in [1.807, 2.05) is 36.2 Å². The first-order valence-corrected chi connectivity index (χ1v) is 7.62. The third-order valence-electron chi connectivity index (χ3n) is 4.31. The van der Waals surface area contributed by atoms with Crippen LogP contribution in [0.2, 0.25) is 0 Å². The van der Waals surface area contributed by atoms with Crippen LogP contribution in [0.4, 0.5) is 0 Å². The Balaban J connectivity index is 1.77. The molecular weight excluding hydrogens is 258 g/mol. The van der Waals surface area contributed by atoms with Gasteiger partial charge in [0.15, 0.2) is 0 Å². The largest absolute Gasteiger partial charge is 0.341 e. The summed E-state index contributed by atoms with van der Waals surface area (Å²) >= 11 is 0. The van der Waals surface area contributed by atoms with Gasteiger partial charge in [0, 0.05) is 13.6 Å². The molecule has 3 rings (SSSR count). The molecule has 21 heavy (non-hydrogen) atoms. The summed E-state index contributed by atoms with van der Waals surface area (Å²) in [5.41, 5.74) is 3.75. The molecule has 2 heteroatoms. The van der Waals surface area contributed by atoms with Gasteiger partial charge >= 0.3 is 0 Å². The SMILES string of the molecule is CN(Cc1ccccc1)C(=O)C1CCCc2ccccc21. The number of amides is 1. The first kappa shape index (κ1) is 13.9. The van der Waals surface area contributed by atoms with E-state index in [4.69, 9.17) is 0 Å². The molecule has 0 N–H and O–H groups in total. The molecule has 2 nitrogen and oxygen atoms in total. The molecule has 0 saturated carbocycles. The first-order chi connectivity index (χ1) is 10.3. The monoisotopic (exact) mass is 279 g/mol. The highest BCUT2D eigenvalue weighted by molar-refractivity contribution is 5.84. The van der Waals surface area contributed by atoms with Gasteiger partial charge in [-0.2, -0.15) is 0 Å². The van der Waals surface area contributed by atoms with E-state index in [2.05, 4.69) is 30.3 Å². The number of aryl methyl sites for hydroxylation is 1. The van der Waals surface area contributed by atoms with Crippen LogP contribution in [0, 0.1) is 0 Å². The topological polar surface area (TPSA) is 20.3 Å². The highest BCUT2D eigenvalue weighted by atomic mass is 16.2. The highest BCUT2D eigenvalue weighted by Gasteiger charge is 2.28. The van der Waals surface area contributed by atoms with E-state index in [-0.39, 0.29) is 11.8 Å². The molecule has 108 valence electrons. The Kier molecular flexibility index (Phi) is 4.05. The van der Waals surface area contributed by atoms with E-state index in [1.54, 1.807) is 0 Å². The molecule has 0 aromatic heterocycles. The maximum atomic E-state index is 12.8. The Morgan fingerprint density at radius 2 is 1.81 bits per heavy atom. The second-order valence-electron chi connectivity index (χ2n) is 5.82. The highest BCUT2D eigenvalue weighted by Crippen LogP contribution is 2.32. The Morgan fingerprint density at radius 3 is 2.62 bits per heavy atom. The number of hydrogen-bond acceptors (Lipinski definition) is 1. The molecule has 0 spiro atoms. The van der Waals surface area contributed by atoms with Crippen molar-refractivity contribution in [1.82, 2.24) is 4.90 Å². The van der Waals surface area contributed by atoms with E-state index >= 15 is 0 Å². The number of likely N-dealkylation sites (N-methyl/N-ethyl adjacent to an activating group) is 1. The van der Waals surface area contributed by atoms with Crippen molar-refractivity contribution in [1.29, 1.82) is 0 Å². The number of nitrogens with zero attached hydrogens (tertiary/aromatic N) is 1. The van der Waals surface area contributed by atoms with Crippen molar-refractivity contribution in [3.05, 3.63) is 71.3 Å². The molecule has 0 fully saturated rings. The lowest BCUT2D eigenvalue weighted by molar-refractivity contribution is -0.132. The van der Waals surface area contributed by atoms with Gasteiger partial charge in [0.25, 0.3) is 0 Å². The number of hydrogen-bond donors (Lipinski definition) is 0. The van der Waals surface area contributed by atoms with Crippen LogP contribution in [-0.2, 0) is 17.8 Å². The van der Waals surface area contributed by atoms with E-state index in [1.165, 1.54) is 16.7 Å². The predicted octanol–water partition coefficient (Wildman–Crippen LogP) is 3.77. The lowest BCUT2D eigenvalue weighted by Gasteiger charge is -2.28. The average molecular weight is 279 g/mol. The minimum Gasteiger partial charge on any atom is -0.341 e. The summed E-state index contributed by atoms with van der Waals surface area (Å²) in [5, 5.41) is 0. The number of fused-ring (bicyclic) bond motifs is 1. The summed E-state index contributed by atoms with van der Waals surface area (Å²) in [5.74, 6) is 0.273. The van der Waals surface area contributed by atoms with E-state index in [0.717, 1.165) is 19.3 Å². The van der Waals surface area contributed by atoms with Gasteiger partial charge in [-0.15, -0.1) is 0 Å². The van der Waals surface area contributed by atoms with Gasteiger partial charge in [-0.05, 0) is 36.0 Å². The van der Waals surface area contributed by atoms with Crippen molar-refractivity contribution in [2.45, 2.75) is 31.7 Å². The van der Waals surface area contributed by atoms with Crippen LogP contribution in [0.25, 0.3) is 0 Å². The average Bonchev–Trinajstić information content (AvgIpc) is 2.54. The van der Waals surface area contributed by atoms with Crippen LogP contribution < -0.4 is 0 Å². The van der Waals surface area contributed by atoms with Gasteiger partial charge in [-0.3, -0.25) is 4.79 Å². The third-order valence-corrected chi connectivity index (χ3v) is 4.31. The standard InChI is InChI=1S/C19H21NO/c1-20(14-15-8-3-2-4-9-15)19(21)18-13-7-11-16-10-5-6-12-17(16)18/h2-6,8-10,12,18H,7,11,13-14H2,1H3. The van der Waals surface area contributed by atoms with E-state index in [9.17, 15) is 4.79 Å². The Morgan fingerprint density at radius 1 is 1.10 bits per heavy atom. The molecule has 2 aromatic rings. The van der Waals surface area contributed by atoms with Crippen molar-refractivity contribution < 1.29 is 4.79 Å². The van der Waals surface area contributed by atoms with Gasteiger partial charge in [-0.25, -0.2) is 0 Å². The molecule has 0 heterocycles. The summed E-state index contributed by atoms with van der Waals surface area (Å²) in [7, 11) is 1.91. The molecule has 0 bridgehead atoms. The normalized spacial score (nSPS) is 17.1. The van der Waals surface area contributed by atoms with Gasteiger partial charge in [0.2, 0.25) is 5.91 Å². The third kappa shape index (κ3) is 2.99. The fraction of sp³-hybridized carbons (Fsp3) is 0.316. The fourth-order valence-electron chi connectivity index (χ4n) is 3.21. The molecule has 0 radical (unpaired) electrons. The number of rotatable bonds is 3. The predicted molar refractivity (Wildman–Crippen MR) is 85.0 cm³/mol. The zero-order valence-corrected chi connectivity index (χ0v) is 12.5. The van der Waals surface area contributed by atoms with Crippen LogP contribution >= 0.6 is 0 Å². The Bertz CT molecular complexity index is 620. The van der Waals surface area contributed by atoms with Crippen LogP contribution in [0.1, 0.15) is 35.4 Å². The molecule has 0 saturated heterocycles. The molecule has 1 aliphatic rings. The van der Waals surface area contributed by atoms with E-state index in [0.29, 0.717) is 6.54 Å². The minimum absolute atomic E-state index is 0.0312. The van der Waals surface area contributed by atoms with Crippen molar-refractivity contribution in [2.75, 3.05) is 7.05 Å². The maximum Gasteiger partial charge on any atom is 0.230 e. The van der Waals surface area contributed by atoms with Crippen molar-refractivity contribution >= 4 is 5.91 Å². The van der Waals surface area contributed by atoms with Crippen molar-refractivity contribution in [3.63, 3.8) is 0 Å². The Hall–Kier alpha value is -2.09. The molecule has 2 aromatic carbocycles. The zero-order chi connectivity index (χ0) is 14.7. The summed E-state index contributed by atoms with van der Waals surface area (Å²) in [6.45, 7) is 0.679. The van der Waals surface area contributed by atoms with Crippen molar-refractivity contribution in [2.24, 2.45) is 0 Å². The molecule has 1 atom stereocenters. The molecular formula is C19H21NO. The molecule has 1 unspecified atom stereocenters. The summed E-state index contributed by atoms with van der Waals surface area (Å²) in [4.78, 5) is 14.7. The second-order valence-corrected chi connectivity index (χ2v) is 5.82. The summed E-state index contributed by atoms with van der Waals surface area (Å²) in [6.07, 6.45) is 3.17. The van der Waals surface area contributed by atoms with E-state index < -0.39 is 0 Å². The number of benzene rings is 2. The maximum absolute atomic E-state index is 12.8. The Labute approximate surface area is 126 Å². The number of carbonyl (C=O) groups excluding carboxylic acids is 1. The van der Waals surface area contributed by atoms with Crippen LogP contribution in [0.3, 0.4) is 0 Å². The van der Waals surface area contributed by atoms with Gasteiger partial charge in [-0.1, -0.05) is 54.6 Å². The van der Waals surface area contributed by atoms with Gasteiger partial charge in [0.1, 0.15) is 0 Å². The second kappa shape index (κ2) is 6.13. The summed E-state index contributed by atoms with van der Waals surface area (Å²) < 4.78 is 0. The van der Waals surface area contributed by atoms with Gasteiger partial charge in [0.05, 0.1) is 5.92 Å². The van der Waals surface area contributed by atoms with Crippen LogP contribution in [0.5, 0.6) is 0 Å². The molecule has 0 aliphatic heterocycles. The zero-order valence-electron chi connectivity index (χ0n) is 12.5. The minimum atomic E-state index is 0.0312.